The van der Waals surface area contributed by atoms with Crippen molar-refractivity contribution in [2.24, 2.45) is 0 Å². The van der Waals surface area contributed by atoms with Gasteiger partial charge in [0, 0.05) is 25.7 Å². The summed E-state index contributed by atoms with van der Waals surface area (Å²) in [5.74, 6) is 1.47. The first-order chi connectivity index (χ1) is 12.2. The number of amides is 1. The SMILES string of the molecule is CC1CN(C(=O)COc2ccc(OCc3ccccc3)cc2)CCN1. The zero-order valence-electron chi connectivity index (χ0n) is 14.5. The van der Waals surface area contributed by atoms with E-state index in [1.807, 2.05) is 59.5 Å². The number of piperazine rings is 1. The van der Waals surface area contributed by atoms with Crippen LogP contribution in [-0.2, 0) is 11.4 Å². The molecule has 0 aliphatic carbocycles. The van der Waals surface area contributed by atoms with E-state index in [0.29, 0.717) is 18.4 Å². The van der Waals surface area contributed by atoms with Crippen LogP contribution in [0.2, 0.25) is 0 Å². The monoisotopic (exact) mass is 340 g/mol. The van der Waals surface area contributed by atoms with Gasteiger partial charge in [-0.3, -0.25) is 4.79 Å². The molecule has 1 fully saturated rings. The molecule has 1 aliphatic heterocycles. The Morgan fingerprint density at radius 2 is 1.76 bits per heavy atom. The first-order valence-corrected chi connectivity index (χ1v) is 8.61. The predicted octanol–water partition coefficient (Wildman–Crippen LogP) is 2.46. The maximum atomic E-state index is 12.2. The van der Waals surface area contributed by atoms with E-state index in [2.05, 4.69) is 12.2 Å². The maximum absolute atomic E-state index is 12.2. The van der Waals surface area contributed by atoms with Gasteiger partial charge in [-0.2, -0.15) is 0 Å². The second kappa shape index (κ2) is 8.53. The maximum Gasteiger partial charge on any atom is 0.260 e. The summed E-state index contributed by atoms with van der Waals surface area (Å²) in [6, 6.07) is 17.7. The third-order valence-corrected chi connectivity index (χ3v) is 4.16. The zero-order chi connectivity index (χ0) is 17.5. The number of ether oxygens (including phenoxy) is 2. The Kier molecular flexibility index (Phi) is 5.90. The van der Waals surface area contributed by atoms with E-state index in [-0.39, 0.29) is 12.5 Å². The molecule has 5 nitrogen and oxygen atoms in total. The van der Waals surface area contributed by atoms with Crippen LogP contribution >= 0.6 is 0 Å². The lowest BCUT2D eigenvalue weighted by Gasteiger charge is -2.31. The van der Waals surface area contributed by atoms with Crippen LogP contribution < -0.4 is 14.8 Å². The van der Waals surface area contributed by atoms with Crippen LogP contribution in [0.25, 0.3) is 0 Å². The summed E-state index contributed by atoms with van der Waals surface area (Å²) in [6.07, 6.45) is 0. The Balaban J connectivity index is 1.45. The largest absolute Gasteiger partial charge is 0.489 e. The average Bonchev–Trinajstić information content (AvgIpc) is 2.66. The van der Waals surface area contributed by atoms with Gasteiger partial charge in [0.25, 0.3) is 5.91 Å². The lowest BCUT2D eigenvalue weighted by molar-refractivity contribution is -0.134. The molecule has 0 spiro atoms. The van der Waals surface area contributed by atoms with Crippen LogP contribution in [0.15, 0.2) is 54.6 Å². The molecule has 25 heavy (non-hydrogen) atoms. The van der Waals surface area contributed by atoms with Gasteiger partial charge in [-0.25, -0.2) is 0 Å². The van der Waals surface area contributed by atoms with Gasteiger partial charge >= 0.3 is 0 Å². The fraction of sp³-hybridized carbons (Fsp3) is 0.350. The summed E-state index contributed by atoms with van der Waals surface area (Å²) in [5.41, 5.74) is 1.12. The number of nitrogens with one attached hydrogen (secondary N) is 1. The highest BCUT2D eigenvalue weighted by molar-refractivity contribution is 5.78. The molecule has 1 heterocycles. The highest BCUT2D eigenvalue weighted by Gasteiger charge is 2.20. The Hall–Kier alpha value is -2.53. The number of hydrogen-bond donors (Lipinski definition) is 1. The molecule has 1 unspecified atom stereocenters. The number of nitrogens with zero attached hydrogens (tertiary/aromatic N) is 1. The van der Waals surface area contributed by atoms with E-state index >= 15 is 0 Å². The summed E-state index contributed by atoms with van der Waals surface area (Å²) in [6.45, 7) is 4.97. The Labute approximate surface area is 148 Å². The van der Waals surface area contributed by atoms with Crippen LogP contribution in [0.5, 0.6) is 11.5 Å². The van der Waals surface area contributed by atoms with Crippen LogP contribution in [0, 0.1) is 0 Å². The molecule has 5 heteroatoms. The minimum Gasteiger partial charge on any atom is -0.489 e. The van der Waals surface area contributed by atoms with Gasteiger partial charge in [-0.05, 0) is 36.8 Å². The molecule has 0 radical (unpaired) electrons. The Morgan fingerprint density at radius 3 is 2.44 bits per heavy atom. The van der Waals surface area contributed by atoms with Crippen molar-refractivity contribution in [3.63, 3.8) is 0 Å². The molecule has 1 aliphatic rings. The number of rotatable bonds is 6. The van der Waals surface area contributed by atoms with E-state index in [0.717, 1.165) is 30.9 Å². The van der Waals surface area contributed by atoms with E-state index in [1.54, 1.807) is 0 Å². The van der Waals surface area contributed by atoms with Crippen molar-refractivity contribution in [1.29, 1.82) is 0 Å². The van der Waals surface area contributed by atoms with Crippen molar-refractivity contribution in [2.75, 3.05) is 26.2 Å². The molecule has 1 atom stereocenters. The van der Waals surface area contributed by atoms with Crippen LogP contribution in [0.1, 0.15) is 12.5 Å². The standard InChI is InChI=1S/C20H24N2O3/c1-16-13-22(12-11-21-16)20(23)15-25-19-9-7-18(8-10-19)24-14-17-5-3-2-4-6-17/h2-10,16,21H,11-15H2,1H3. The average molecular weight is 340 g/mol. The van der Waals surface area contributed by atoms with E-state index < -0.39 is 0 Å². The second-order valence-electron chi connectivity index (χ2n) is 6.23. The van der Waals surface area contributed by atoms with Gasteiger partial charge in [0.1, 0.15) is 18.1 Å². The lowest BCUT2D eigenvalue weighted by Crippen LogP contribution is -2.52. The molecule has 3 rings (SSSR count). The van der Waals surface area contributed by atoms with Gasteiger partial charge < -0.3 is 19.7 Å². The van der Waals surface area contributed by atoms with Crippen molar-refractivity contribution in [3.05, 3.63) is 60.2 Å². The van der Waals surface area contributed by atoms with Crippen molar-refractivity contribution >= 4 is 5.91 Å². The third-order valence-electron chi connectivity index (χ3n) is 4.16. The Bertz CT molecular complexity index is 673. The molecule has 0 bridgehead atoms. The topological polar surface area (TPSA) is 50.8 Å². The van der Waals surface area contributed by atoms with Crippen LogP contribution in [0.4, 0.5) is 0 Å². The molecular formula is C20H24N2O3. The summed E-state index contributed by atoms with van der Waals surface area (Å²) in [5, 5.41) is 3.32. The molecule has 2 aromatic carbocycles. The normalized spacial score (nSPS) is 17.2. The molecule has 0 aromatic heterocycles. The quantitative estimate of drug-likeness (QED) is 0.878. The molecule has 1 N–H and O–H groups in total. The van der Waals surface area contributed by atoms with Crippen molar-refractivity contribution in [2.45, 2.75) is 19.6 Å². The van der Waals surface area contributed by atoms with Crippen molar-refractivity contribution in [1.82, 2.24) is 10.2 Å². The zero-order valence-corrected chi connectivity index (χ0v) is 14.5. The van der Waals surface area contributed by atoms with Crippen molar-refractivity contribution in [3.8, 4) is 11.5 Å². The van der Waals surface area contributed by atoms with Gasteiger partial charge in [-0.15, -0.1) is 0 Å². The molecule has 2 aromatic rings. The highest BCUT2D eigenvalue weighted by Crippen LogP contribution is 2.19. The van der Waals surface area contributed by atoms with E-state index in [4.69, 9.17) is 9.47 Å². The highest BCUT2D eigenvalue weighted by atomic mass is 16.5. The second-order valence-corrected chi connectivity index (χ2v) is 6.23. The number of carbonyl (C=O) groups excluding carboxylic acids is 1. The number of hydrogen-bond acceptors (Lipinski definition) is 4. The van der Waals surface area contributed by atoms with E-state index in [9.17, 15) is 4.79 Å². The third kappa shape index (κ3) is 5.22. The first kappa shape index (κ1) is 17.3. The summed E-state index contributed by atoms with van der Waals surface area (Å²) in [7, 11) is 0. The molecule has 132 valence electrons. The van der Waals surface area contributed by atoms with Gasteiger partial charge in [-0.1, -0.05) is 30.3 Å². The lowest BCUT2D eigenvalue weighted by atomic mass is 10.2. The molecule has 1 amide bonds. The van der Waals surface area contributed by atoms with Crippen LogP contribution in [0.3, 0.4) is 0 Å². The van der Waals surface area contributed by atoms with Crippen molar-refractivity contribution < 1.29 is 14.3 Å². The van der Waals surface area contributed by atoms with E-state index in [1.165, 1.54) is 0 Å². The predicted molar refractivity (Wildman–Crippen MR) is 96.8 cm³/mol. The van der Waals surface area contributed by atoms with Gasteiger partial charge in [0.2, 0.25) is 0 Å². The summed E-state index contributed by atoms with van der Waals surface area (Å²) >= 11 is 0. The molecular weight excluding hydrogens is 316 g/mol. The molecule has 0 saturated carbocycles. The van der Waals surface area contributed by atoms with Gasteiger partial charge in [0.05, 0.1) is 0 Å². The van der Waals surface area contributed by atoms with Gasteiger partial charge in [0.15, 0.2) is 6.61 Å². The minimum absolute atomic E-state index is 0.0257. The number of carbonyl (C=O) groups is 1. The number of benzene rings is 2. The molecule has 1 saturated heterocycles. The summed E-state index contributed by atoms with van der Waals surface area (Å²) < 4.78 is 11.3. The fourth-order valence-electron chi connectivity index (χ4n) is 2.77. The smallest absolute Gasteiger partial charge is 0.260 e. The van der Waals surface area contributed by atoms with Crippen LogP contribution in [-0.4, -0.2) is 43.1 Å². The fourth-order valence-corrected chi connectivity index (χ4v) is 2.77. The minimum atomic E-state index is 0.0257. The summed E-state index contributed by atoms with van der Waals surface area (Å²) in [4.78, 5) is 14.0. The Morgan fingerprint density at radius 1 is 1.08 bits per heavy atom. The first-order valence-electron chi connectivity index (χ1n) is 8.61.